The molecular weight excluding hydrogens is 284 g/mol. The van der Waals surface area contributed by atoms with Crippen molar-refractivity contribution in [3.05, 3.63) is 59.8 Å². The van der Waals surface area contributed by atoms with Gasteiger partial charge >= 0.3 is 0 Å². The third kappa shape index (κ3) is 2.39. The Bertz CT molecular complexity index is 759. The maximum atomic E-state index is 5.76. The van der Waals surface area contributed by atoms with Crippen molar-refractivity contribution in [3.63, 3.8) is 0 Å². The number of hydroxylamine groups is 1. The molecule has 4 rings (SSSR count). The molecule has 1 aliphatic heterocycles. The number of rotatable bonds is 2. The van der Waals surface area contributed by atoms with E-state index in [1.807, 2.05) is 30.3 Å². The Morgan fingerprint density at radius 1 is 1.00 bits per heavy atom. The quantitative estimate of drug-likeness (QED) is 0.727. The zero-order chi connectivity index (χ0) is 14.1. The molecule has 0 amide bonds. The molecular formula is C15H12N4OS. The molecule has 3 heterocycles. The Hall–Kier alpha value is -2.31. The SMILES string of the molecule is c1ccc(-c2nnc(N3Cc4ccccc4CO3)s2)nc1. The highest BCUT2D eigenvalue weighted by molar-refractivity contribution is 7.18. The minimum absolute atomic E-state index is 0.564. The highest BCUT2D eigenvalue weighted by Crippen LogP contribution is 2.31. The zero-order valence-corrected chi connectivity index (χ0v) is 12.0. The first-order valence-electron chi connectivity index (χ1n) is 6.62. The molecule has 0 fully saturated rings. The molecule has 0 unspecified atom stereocenters. The van der Waals surface area contributed by atoms with Crippen LogP contribution in [0.3, 0.4) is 0 Å². The molecule has 0 bridgehead atoms. The molecule has 0 atom stereocenters. The maximum Gasteiger partial charge on any atom is 0.232 e. The van der Waals surface area contributed by atoms with Crippen LogP contribution in [0, 0.1) is 0 Å². The van der Waals surface area contributed by atoms with E-state index in [1.54, 1.807) is 11.3 Å². The first-order chi connectivity index (χ1) is 10.4. The molecule has 1 aromatic carbocycles. The molecule has 0 radical (unpaired) electrons. The van der Waals surface area contributed by atoms with E-state index < -0.39 is 0 Å². The number of aromatic nitrogens is 3. The van der Waals surface area contributed by atoms with E-state index in [0.717, 1.165) is 15.8 Å². The van der Waals surface area contributed by atoms with Crippen LogP contribution in [0.1, 0.15) is 11.1 Å². The Morgan fingerprint density at radius 2 is 1.86 bits per heavy atom. The van der Waals surface area contributed by atoms with Crippen molar-refractivity contribution >= 4 is 16.5 Å². The van der Waals surface area contributed by atoms with Crippen LogP contribution in [-0.2, 0) is 18.0 Å². The highest BCUT2D eigenvalue weighted by atomic mass is 32.1. The summed E-state index contributed by atoms with van der Waals surface area (Å²) in [5, 5.41) is 11.8. The topological polar surface area (TPSA) is 51.1 Å². The summed E-state index contributed by atoms with van der Waals surface area (Å²) in [6, 6.07) is 14.0. The summed E-state index contributed by atoms with van der Waals surface area (Å²) >= 11 is 1.48. The Kier molecular flexibility index (Phi) is 3.10. The van der Waals surface area contributed by atoms with Crippen LogP contribution in [0.15, 0.2) is 48.7 Å². The average molecular weight is 296 g/mol. The van der Waals surface area contributed by atoms with Crippen molar-refractivity contribution < 1.29 is 4.84 Å². The molecule has 0 aliphatic carbocycles. The molecule has 3 aromatic rings. The number of hydrogen-bond acceptors (Lipinski definition) is 6. The standard InChI is InChI=1S/C15H12N4OS/c1-2-6-12-10-20-19(9-11(12)5-1)15-18-17-14(21-15)13-7-3-4-8-16-13/h1-8H,9-10H2. The van der Waals surface area contributed by atoms with E-state index in [4.69, 9.17) is 4.84 Å². The summed E-state index contributed by atoms with van der Waals surface area (Å²) < 4.78 is 0. The van der Waals surface area contributed by atoms with E-state index in [0.29, 0.717) is 13.2 Å². The third-order valence-corrected chi connectivity index (χ3v) is 4.27. The van der Waals surface area contributed by atoms with Crippen molar-refractivity contribution in [2.75, 3.05) is 5.06 Å². The van der Waals surface area contributed by atoms with E-state index in [9.17, 15) is 0 Å². The van der Waals surface area contributed by atoms with Crippen molar-refractivity contribution in [2.24, 2.45) is 0 Å². The van der Waals surface area contributed by atoms with Gasteiger partial charge in [-0.2, -0.15) is 0 Å². The average Bonchev–Trinajstić information content (AvgIpc) is 3.05. The maximum absolute atomic E-state index is 5.76. The van der Waals surface area contributed by atoms with Crippen molar-refractivity contribution in [1.82, 2.24) is 15.2 Å². The van der Waals surface area contributed by atoms with Crippen LogP contribution in [0.5, 0.6) is 0 Å². The molecule has 5 nitrogen and oxygen atoms in total. The molecule has 1 aliphatic rings. The monoisotopic (exact) mass is 296 g/mol. The van der Waals surface area contributed by atoms with Gasteiger partial charge in [0.15, 0.2) is 5.01 Å². The number of pyridine rings is 1. The van der Waals surface area contributed by atoms with Crippen LogP contribution >= 0.6 is 11.3 Å². The summed E-state index contributed by atoms with van der Waals surface area (Å²) in [5.74, 6) is 0. The van der Waals surface area contributed by atoms with E-state index in [-0.39, 0.29) is 0 Å². The number of benzene rings is 1. The summed E-state index contributed by atoms with van der Waals surface area (Å²) in [7, 11) is 0. The fourth-order valence-electron chi connectivity index (χ4n) is 2.23. The van der Waals surface area contributed by atoms with Gasteiger partial charge in [-0.25, -0.2) is 5.06 Å². The summed E-state index contributed by atoms with van der Waals surface area (Å²) in [6.07, 6.45) is 1.75. The molecule has 0 N–H and O–H groups in total. The van der Waals surface area contributed by atoms with Crippen LogP contribution in [0.2, 0.25) is 0 Å². The number of hydrogen-bond donors (Lipinski definition) is 0. The number of fused-ring (bicyclic) bond motifs is 1. The second kappa shape index (κ2) is 5.23. The van der Waals surface area contributed by atoms with Gasteiger partial charge in [-0.1, -0.05) is 41.7 Å². The van der Waals surface area contributed by atoms with E-state index in [2.05, 4.69) is 27.3 Å². The number of nitrogens with zero attached hydrogens (tertiary/aromatic N) is 4. The van der Waals surface area contributed by atoms with Crippen LogP contribution in [0.4, 0.5) is 5.13 Å². The van der Waals surface area contributed by atoms with Crippen molar-refractivity contribution in [3.8, 4) is 10.7 Å². The first kappa shape index (κ1) is 12.4. The van der Waals surface area contributed by atoms with Gasteiger partial charge in [0.1, 0.15) is 12.3 Å². The lowest BCUT2D eigenvalue weighted by Crippen LogP contribution is -2.27. The van der Waals surface area contributed by atoms with Gasteiger partial charge in [0.05, 0.1) is 6.54 Å². The summed E-state index contributed by atoms with van der Waals surface area (Å²) in [5.41, 5.74) is 3.32. The molecule has 6 heteroatoms. The van der Waals surface area contributed by atoms with Gasteiger partial charge in [-0.15, -0.1) is 10.2 Å². The molecule has 21 heavy (non-hydrogen) atoms. The number of anilines is 1. The second-order valence-electron chi connectivity index (χ2n) is 4.68. The Morgan fingerprint density at radius 3 is 2.71 bits per heavy atom. The second-order valence-corrected chi connectivity index (χ2v) is 5.64. The minimum atomic E-state index is 0.564. The molecule has 0 saturated carbocycles. The van der Waals surface area contributed by atoms with E-state index >= 15 is 0 Å². The normalized spacial score (nSPS) is 14.0. The van der Waals surface area contributed by atoms with Crippen molar-refractivity contribution in [1.29, 1.82) is 0 Å². The zero-order valence-electron chi connectivity index (χ0n) is 11.1. The fraction of sp³-hybridized carbons (Fsp3) is 0.133. The smallest absolute Gasteiger partial charge is 0.232 e. The molecule has 104 valence electrons. The largest absolute Gasteiger partial charge is 0.266 e. The Balaban J connectivity index is 1.60. The van der Waals surface area contributed by atoms with Gasteiger partial charge in [-0.3, -0.25) is 9.82 Å². The van der Waals surface area contributed by atoms with E-state index in [1.165, 1.54) is 22.5 Å². The predicted octanol–water partition coefficient (Wildman–Crippen LogP) is 3.05. The lowest BCUT2D eigenvalue weighted by atomic mass is 10.1. The van der Waals surface area contributed by atoms with Gasteiger partial charge in [0, 0.05) is 6.20 Å². The van der Waals surface area contributed by atoms with Gasteiger partial charge in [0.2, 0.25) is 5.13 Å². The molecule has 2 aromatic heterocycles. The van der Waals surface area contributed by atoms with Crippen molar-refractivity contribution in [2.45, 2.75) is 13.2 Å². The summed E-state index contributed by atoms with van der Waals surface area (Å²) in [6.45, 7) is 1.25. The van der Waals surface area contributed by atoms with Crippen LogP contribution < -0.4 is 5.06 Å². The minimum Gasteiger partial charge on any atom is -0.266 e. The van der Waals surface area contributed by atoms with Gasteiger partial charge in [0.25, 0.3) is 0 Å². The lowest BCUT2D eigenvalue weighted by molar-refractivity contribution is 0.0776. The fourth-order valence-corrected chi connectivity index (χ4v) is 3.01. The molecule has 0 spiro atoms. The van der Waals surface area contributed by atoms with Crippen LogP contribution in [0.25, 0.3) is 10.7 Å². The predicted molar refractivity (Wildman–Crippen MR) is 80.6 cm³/mol. The van der Waals surface area contributed by atoms with Gasteiger partial charge in [-0.05, 0) is 23.3 Å². The first-order valence-corrected chi connectivity index (χ1v) is 7.44. The Labute approximate surface area is 125 Å². The third-order valence-electron chi connectivity index (χ3n) is 3.32. The van der Waals surface area contributed by atoms with Crippen LogP contribution in [-0.4, -0.2) is 15.2 Å². The highest BCUT2D eigenvalue weighted by Gasteiger charge is 2.21. The summed E-state index contributed by atoms with van der Waals surface area (Å²) in [4.78, 5) is 10.1. The molecule has 0 saturated heterocycles. The lowest BCUT2D eigenvalue weighted by Gasteiger charge is -2.26. The van der Waals surface area contributed by atoms with Gasteiger partial charge < -0.3 is 0 Å².